The van der Waals surface area contributed by atoms with E-state index in [0.29, 0.717) is 0 Å². The average Bonchev–Trinajstić information content (AvgIpc) is 1.83. The van der Waals surface area contributed by atoms with Crippen LogP contribution in [0.25, 0.3) is 0 Å². The number of amidine groups is 1. The summed E-state index contributed by atoms with van der Waals surface area (Å²) in [7, 11) is 3.56. The fourth-order valence-electron chi connectivity index (χ4n) is 0.208. The molecule has 0 aromatic rings. The van der Waals surface area contributed by atoms with Crippen molar-refractivity contribution in [2.75, 3.05) is 14.1 Å². The summed E-state index contributed by atoms with van der Waals surface area (Å²) in [6.45, 7) is 0. The van der Waals surface area contributed by atoms with Crippen molar-refractivity contribution < 1.29 is 0 Å². The summed E-state index contributed by atoms with van der Waals surface area (Å²) < 4.78 is 0. The van der Waals surface area contributed by atoms with Crippen molar-refractivity contribution in [2.45, 2.75) is 0 Å². The summed E-state index contributed by atoms with van der Waals surface area (Å²) in [5.74, 6) is 5.02. The normalized spacial score (nSPS) is 12.4. The highest BCUT2D eigenvalue weighted by atomic mass is 15.4. The van der Waals surface area contributed by atoms with Crippen LogP contribution in [0.4, 0.5) is 0 Å². The van der Waals surface area contributed by atoms with Crippen LogP contribution >= 0.6 is 0 Å². The van der Waals surface area contributed by atoms with Gasteiger partial charge in [-0.1, -0.05) is 0 Å². The first-order valence-electron chi connectivity index (χ1n) is 2.41. The standard InChI is InChI=1S/C4H11N5/c1-9(2)7-3-4(5)8-6/h3H,6H2,1-2H3,(H2,5,8). The molecule has 0 heterocycles. The summed E-state index contributed by atoms with van der Waals surface area (Å²) in [6.07, 6.45) is 1.38. The monoisotopic (exact) mass is 129 g/mol. The Hall–Kier alpha value is -1.26. The van der Waals surface area contributed by atoms with Crippen LogP contribution in [0.1, 0.15) is 0 Å². The van der Waals surface area contributed by atoms with E-state index in [9.17, 15) is 0 Å². The second kappa shape index (κ2) is 3.71. The first-order valence-corrected chi connectivity index (χ1v) is 2.41. The Morgan fingerprint density at radius 1 is 1.56 bits per heavy atom. The first-order chi connectivity index (χ1) is 4.16. The van der Waals surface area contributed by atoms with Gasteiger partial charge in [-0.3, -0.25) is 0 Å². The molecule has 0 rings (SSSR count). The third-order valence-corrected chi connectivity index (χ3v) is 0.570. The average molecular weight is 129 g/mol. The maximum absolute atomic E-state index is 5.17. The summed E-state index contributed by atoms with van der Waals surface area (Å²) >= 11 is 0. The molecule has 52 valence electrons. The number of hydrogen-bond donors (Lipinski definition) is 2. The molecule has 0 spiro atoms. The molecule has 0 aliphatic rings. The molecule has 9 heavy (non-hydrogen) atoms. The van der Waals surface area contributed by atoms with Crippen molar-refractivity contribution in [1.29, 1.82) is 0 Å². The van der Waals surface area contributed by atoms with Gasteiger partial charge in [0, 0.05) is 14.1 Å². The van der Waals surface area contributed by atoms with Gasteiger partial charge in [0.25, 0.3) is 0 Å². The molecule has 0 amide bonds. The molecule has 0 unspecified atom stereocenters. The Kier molecular flexibility index (Phi) is 3.19. The van der Waals surface area contributed by atoms with E-state index in [4.69, 9.17) is 11.6 Å². The molecule has 0 saturated heterocycles. The van der Waals surface area contributed by atoms with Gasteiger partial charge in [-0.05, 0) is 0 Å². The predicted molar refractivity (Wildman–Crippen MR) is 38.0 cm³/mol. The van der Waals surface area contributed by atoms with Crippen LogP contribution in [0.5, 0.6) is 0 Å². The lowest BCUT2D eigenvalue weighted by molar-refractivity contribution is 0.441. The zero-order valence-corrected chi connectivity index (χ0v) is 5.57. The Balaban J connectivity index is 3.71. The van der Waals surface area contributed by atoms with Crippen LogP contribution < -0.4 is 11.6 Å². The Morgan fingerprint density at radius 2 is 2.11 bits per heavy atom. The van der Waals surface area contributed by atoms with Gasteiger partial charge in [-0.25, -0.2) is 0 Å². The topological polar surface area (TPSA) is 80.0 Å². The van der Waals surface area contributed by atoms with Crippen LogP contribution in [0.15, 0.2) is 10.2 Å². The van der Waals surface area contributed by atoms with E-state index in [1.165, 1.54) is 6.21 Å². The summed E-state index contributed by atoms with van der Waals surface area (Å²) in [6, 6.07) is 0. The smallest absolute Gasteiger partial charge is 0.163 e. The van der Waals surface area contributed by atoms with Gasteiger partial charge in [0.05, 0.1) is 6.21 Å². The number of nitrogens with two attached hydrogens (primary N) is 2. The van der Waals surface area contributed by atoms with Crippen LogP contribution in [0.2, 0.25) is 0 Å². The minimum absolute atomic E-state index is 0.212. The van der Waals surface area contributed by atoms with Crippen LogP contribution in [-0.4, -0.2) is 31.2 Å². The molecular formula is C4H11N5. The molecule has 0 atom stereocenters. The second-order valence-electron chi connectivity index (χ2n) is 1.65. The van der Waals surface area contributed by atoms with E-state index in [0.717, 1.165) is 0 Å². The van der Waals surface area contributed by atoms with Crippen molar-refractivity contribution in [2.24, 2.45) is 21.8 Å². The van der Waals surface area contributed by atoms with E-state index in [2.05, 4.69) is 10.2 Å². The van der Waals surface area contributed by atoms with Gasteiger partial charge >= 0.3 is 0 Å². The fraction of sp³-hybridized carbons (Fsp3) is 0.500. The number of rotatable bonds is 2. The summed E-state index contributed by atoms with van der Waals surface area (Å²) in [4.78, 5) is 0. The molecule has 0 aliphatic carbocycles. The molecule has 0 fully saturated rings. The van der Waals surface area contributed by atoms with Crippen LogP contribution in [0.3, 0.4) is 0 Å². The molecule has 5 nitrogen and oxygen atoms in total. The number of hydrazone groups is 2. The zero-order valence-electron chi connectivity index (χ0n) is 5.57. The van der Waals surface area contributed by atoms with E-state index in [1.807, 2.05) is 0 Å². The maximum Gasteiger partial charge on any atom is 0.163 e. The van der Waals surface area contributed by atoms with E-state index < -0.39 is 0 Å². The van der Waals surface area contributed by atoms with Gasteiger partial charge in [0.2, 0.25) is 0 Å². The SMILES string of the molecule is CN(C)N=CC(N)=NN. The van der Waals surface area contributed by atoms with Gasteiger partial charge in [0.15, 0.2) is 5.84 Å². The lowest BCUT2D eigenvalue weighted by Gasteiger charge is -2.00. The Bertz CT molecular complexity index is 125. The van der Waals surface area contributed by atoms with Gasteiger partial charge in [0.1, 0.15) is 0 Å². The summed E-state index contributed by atoms with van der Waals surface area (Å²) in [5, 5.41) is 8.54. The van der Waals surface area contributed by atoms with Crippen molar-refractivity contribution >= 4 is 12.1 Å². The largest absolute Gasteiger partial charge is 0.381 e. The maximum atomic E-state index is 5.17. The predicted octanol–water partition coefficient (Wildman–Crippen LogP) is -1.24. The highest BCUT2D eigenvalue weighted by molar-refractivity contribution is 6.28. The highest BCUT2D eigenvalue weighted by Gasteiger charge is 1.80. The fourth-order valence-corrected chi connectivity index (χ4v) is 0.208. The third-order valence-electron chi connectivity index (χ3n) is 0.570. The highest BCUT2D eigenvalue weighted by Crippen LogP contribution is 1.69. The lowest BCUT2D eigenvalue weighted by atomic mass is 10.7. The molecule has 0 saturated carbocycles. The second-order valence-corrected chi connectivity index (χ2v) is 1.65. The molecule has 5 heteroatoms. The van der Waals surface area contributed by atoms with Gasteiger partial charge < -0.3 is 16.6 Å². The number of nitrogens with zero attached hydrogens (tertiary/aromatic N) is 3. The summed E-state index contributed by atoms with van der Waals surface area (Å²) in [5.41, 5.74) is 5.17. The third kappa shape index (κ3) is 4.60. The number of hydrogen-bond acceptors (Lipinski definition) is 4. The Labute approximate surface area is 54.0 Å². The van der Waals surface area contributed by atoms with Crippen LogP contribution in [-0.2, 0) is 0 Å². The van der Waals surface area contributed by atoms with E-state index in [-0.39, 0.29) is 5.84 Å². The zero-order chi connectivity index (χ0) is 7.28. The van der Waals surface area contributed by atoms with Crippen molar-refractivity contribution in [3.63, 3.8) is 0 Å². The van der Waals surface area contributed by atoms with Gasteiger partial charge in [-0.2, -0.15) is 10.2 Å². The van der Waals surface area contributed by atoms with Crippen LogP contribution in [0, 0.1) is 0 Å². The Morgan fingerprint density at radius 3 is 2.44 bits per heavy atom. The van der Waals surface area contributed by atoms with Crippen molar-refractivity contribution in [3.05, 3.63) is 0 Å². The van der Waals surface area contributed by atoms with E-state index >= 15 is 0 Å². The quantitative estimate of drug-likeness (QED) is 0.212. The minimum Gasteiger partial charge on any atom is -0.381 e. The molecule has 0 aromatic heterocycles. The first kappa shape index (κ1) is 7.74. The molecule has 0 radical (unpaired) electrons. The molecule has 0 bridgehead atoms. The van der Waals surface area contributed by atoms with Crippen molar-refractivity contribution in [1.82, 2.24) is 5.01 Å². The lowest BCUT2D eigenvalue weighted by Crippen LogP contribution is -2.17. The van der Waals surface area contributed by atoms with Crippen molar-refractivity contribution in [3.8, 4) is 0 Å². The molecule has 0 aromatic carbocycles. The van der Waals surface area contributed by atoms with Gasteiger partial charge in [-0.15, -0.1) is 0 Å². The minimum atomic E-state index is 0.212. The molecule has 0 aliphatic heterocycles. The molecular weight excluding hydrogens is 118 g/mol. The van der Waals surface area contributed by atoms with E-state index in [1.54, 1.807) is 19.1 Å². The molecule has 4 N–H and O–H groups in total.